The predicted molar refractivity (Wildman–Crippen MR) is 122 cm³/mol. The average molecular weight is 486 g/mol. The highest BCUT2D eigenvalue weighted by Crippen LogP contribution is 2.39. The summed E-state index contributed by atoms with van der Waals surface area (Å²) >= 11 is 0. The van der Waals surface area contributed by atoms with Gasteiger partial charge in [0.15, 0.2) is 0 Å². The fourth-order valence-electron chi connectivity index (χ4n) is 4.54. The Morgan fingerprint density at radius 1 is 1.26 bits per heavy atom. The molecular formula is C24H25F3N6O2. The monoisotopic (exact) mass is 486 g/mol. The lowest BCUT2D eigenvalue weighted by atomic mass is 9.89. The molecular weight excluding hydrogens is 461 g/mol. The maximum absolute atomic E-state index is 13.6. The molecule has 2 N–H and O–H groups in total. The molecule has 184 valence electrons. The van der Waals surface area contributed by atoms with Crippen LogP contribution in [0, 0.1) is 0 Å². The Labute approximate surface area is 199 Å². The van der Waals surface area contributed by atoms with Gasteiger partial charge < -0.3 is 15.0 Å². The fraction of sp³-hybridized carbons (Fsp3) is 0.417. The van der Waals surface area contributed by atoms with Crippen LogP contribution < -0.4 is 10.2 Å². The first-order chi connectivity index (χ1) is 16.6. The van der Waals surface area contributed by atoms with Crippen LogP contribution >= 0.6 is 0 Å². The summed E-state index contributed by atoms with van der Waals surface area (Å²) in [7, 11) is 1.85. The molecule has 1 aromatic carbocycles. The van der Waals surface area contributed by atoms with Gasteiger partial charge in [0.1, 0.15) is 23.8 Å². The Bertz CT molecular complexity index is 1270. The number of nitrogens with zero attached hydrogens (tertiary/aromatic N) is 5. The van der Waals surface area contributed by atoms with Crippen LogP contribution in [0.4, 0.5) is 24.8 Å². The van der Waals surface area contributed by atoms with Crippen molar-refractivity contribution in [2.45, 2.75) is 57.0 Å². The molecule has 2 aliphatic rings. The number of hydrogen-bond donors (Lipinski definition) is 2. The van der Waals surface area contributed by atoms with Crippen LogP contribution in [0.1, 0.15) is 58.6 Å². The lowest BCUT2D eigenvalue weighted by Crippen LogP contribution is -2.43. The summed E-state index contributed by atoms with van der Waals surface area (Å²) in [5.74, 6) is 0.937. The number of aromatic nitrogens is 4. The first-order valence-electron chi connectivity index (χ1n) is 11.4. The highest BCUT2D eigenvalue weighted by molar-refractivity contribution is 6.10. The second-order valence-electron chi connectivity index (χ2n) is 9.22. The number of halogens is 3. The van der Waals surface area contributed by atoms with E-state index >= 15 is 0 Å². The number of carbonyl (C=O) groups excluding carboxylic acids is 1. The molecule has 35 heavy (non-hydrogen) atoms. The standard InChI is InChI=1S/C24H25F3N6O2/c1-13(8-22-31-28-12-32(22)2)14-9-20(29-18-6-7-19(18)34)30-21(10-14)33-11-16-15(23(33)35)4-3-5-17(16)24(25,26)27/h3-5,9-10,12-13,18-19,34H,6-8,11H2,1-2H3,(H,29,30)/t13-,18+,19-/m1/s1. The quantitative estimate of drug-likeness (QED) is 0.552. The van der Waals surface area contributed by atoms with Gasteiger partial charge in [-0.1, -0.05) is 13.0 Å². The lowest BCUT2D eigenvalue weighted by Gasteiger charge is -2.33. The highest BCUT2D eigenvalue weighted by Gasteiger charge is 2.40. The molecule has 3 heterocycles. The summed E-state index contributed by atoms with van der Waals surface area (Å²) < 4.78 is 42.6. The number of hydrogen-bond acceptors (Lipinski definition) is 6. The van der Waals surface area contributed by atoms with Gasteiger partial charge in [0.25, 0.3) is 5.91 Å². The third kappa shape index (κ3) is 4.36. The van der Waals surface area contributed by atoms with E-state index in [-0.39, 0.29) is 35.4 Å². The number of anilines is 2. The van der Waals surface area contributed by atoms with E-state index in [2.05, 4.69) is 20.5 Å². The topological polar surface area (TPSA) is 96.2 Å². The minimum absolute atomic E-state index is 0.0306. The SMILES string of the molecule is C[C@H](Cc1nncn1C)c1cc(N[C@H]2CC[C@H]2O)nc(N2Cc3c(cccc3C(F)(F)F)C2=O)c1. The van der Waals surface area contributed by atoms with E-state index in [0.717, 1.165) is 23.9 Å². The number of pyridine rings is 1. The highest BCUT2D eigenvalue weighted by atomic mass is 19.4. The van der Waals surface area contributed by atoms with Crippen LogP contribution in [0.3, 0.4) is 0 Å². The molecule has 5 rings (SSSR count). The van der Waals surface area contributed by atoms with Gasteiger partial charge in [-0.3, -0.25) is 9.69 Å². The van der Waals surface area contributed by atoms with Crippen molar-refractivity contribution in [2.75, 3.05) is 10.2 Å². The maximum atomic E-state index is 13.6. The molecule has 1 saturated carbocycles. The summed E-state index contributed by atoms with van der Waals surface area (Å²) in [4.78, 5) is 19.0. The van der Waals surface area contributed by atoms with Gasteiger partial charge in [0.2, 0.25) is 0 Å². The molecule has 1 aliphatic heterocycles. The number of aliphatic hydroxyl groups excluding tert-OH is 1. The zero-order chi connectivity index (χ0) is 24.9. The summed E-state index contributed by atoms with van der Waals surface area (Å²) in [6.07, 6.45) is -1.41. The largest absolute Gasteiger partial charge is 0.416 e. The van der Waals surface area contributed by atoms with E-state index in [9.17, 15) is 23.1 Å². The first-order valence-corrected chi connectivity index (χ1v) is 11.4. The van der Waals surface area contributed by atoms with Crippen molar-refractivity contribution in [3.63, 3.8) is 0 Å². The number of amides is 1. The molecule has 3 atom stereocenters. The molecule has 0 radical (unpaired) electrons. The first kappa shape index (κ1) is 23.3. The zero-order valence-corrected chi connectivity index (χ0v) is 19.3. The molecule has 11 heteroatoms. The number of alkyl halides is 3. The number of fused-ring (bicyclic) bond motifs is 1. The van der Waals surface area contributed by atoms with E-state index in [1.807, 2.05) is 24.6 Å². The summed E-state index contributed by atoms with van der Waals surface area (Å²) in [5, 5.41) is 21.3. The van der Waals surface area contributed by atoms with Crippen molar-refractivity contribution in [1.29, 1.82) is 0 Å². The molecule has 8 nitrogen and oxygen atoms in total. The van der Waals surface area contributed by atoms with Gasteiger partial charge >= 0.3 is 6.18 Å². The Hall–Kier alpha value is -3.47. The molecule has 1 fully saturated rings. The van der Waals surface area contributed by atoms with Gasteiger partial charge in [0.05, 0.1) is 24.3 Å². The molecule has 2 aromatic heterocycles. The average Bonchev–Trinajstić information content (AvgIpc) is 3.38. The third-order valence-corrected chi connectivity index (χ3v) is 6.82. The molecule has 3 aromatic rings. The number of aliphatic hydroxyl groups is 1. The minimum Gasteiger partial charge on any atom is -0.391 e. The summed E-state index contributed by atoms with van der Waals surface area (Å²) in [6, 6.07) is 7.08. The Morgan fingerprint density at radius 2 is 2.06 bits per heavy atom. The van der Waals surface area contributed by atoms with Crippen molar-refractivity contribution >= 4 is 17.5 Å². The Balaban J connectivity index is 1.50. The lowest BCUT2D eigenvalue weighted by molar-refractivity contribution is -0.138. The van der Waals surface area contributed by atoms with E-state index in [0.29, 0.717) is 18.7 Å². The smallest absolute Gasteiger partial charge is 0.391 e. The molecule has 1 aliphatic carbocycles. The second kappa shape index (κ2) is 8.63. The Morgan fingerprint density at radius 3 is 2.69 bits per heavy atom. The summed E-state index contributed by atoms with van der Waals surface area (Å²) in [5.41, 5.74) is 0.0130. The normalized spacial score (nSPS) is 20.5. The van der Waals surface area contributed by atoms with Gasteiger partial charge in [-0.15, -0.1) is 10.2 Å². The molecule has 0 spiro atoms. The molecule has 0 saturated heterocycles. The Kier molecular flexibility index (Phi) is 5.74. The zero-order valence-electron chi connectivity index (χ0n) is 19.3. The van der Waals surface area contributed by atoms with Gasteiger partial charge in [-0.25, -0.2) is 4.98 Å². The van der Waals surface area contributed by atoms with Gasteiger partial charge in [-0.2, -0.15) is 13.2 Å². The predicted octanol–water partition coefficient (Wildman–Crippen LogP) is 3.67. The van der Waals surface area contributed by atoms with E-state index in [1.165, 1.54) is 17.0 Å². The van der Waals surface area contributed by atoms with Crippen LogP contribution in [-0.4, -0.2) is 42.9 Å². The van der Waals surface area contributed by atoms with E-state index in [4.69, 9.17) is 0 Å². The molecule has 1 amide bonds. The van der Waals surface area contributed by atoms with Gasteiger partial charge in [-0.05, 0) is 54.2 Å². The van der Waals surface area contributed by atoms with Crippen LogP contribution in [0.15, 0.2) is 36.7 Å². The van der Waals surface area contributed by atoms with Crippen molar-refractivity contribution in [3.05, 3.63) is 64.7 Å². The van der Waals surface area contributed by atoms with E-state index in [1.54, 1.807) is 12.4 Å². The third-order valence-electron chi connectivity index (χ3n) is 6.82. The number of nitrogens with one attached hydrogen (secondary N) is 1. The van der Waals surface area contributed by atoms with Gasteiger partial charge in [0, 0.05) is 19.0 Å². The minimum atomic E-state index is -4.56. The number of aryl methyl sites for hydroxylation is 1. The number of rotatable bonds is 6. The molecule has 0 unspecified atom stereocenters. The van der Waals surface area contributed by atoms with Crippen LogP contribution in [0.5, 0.6) is 0 Å². The van der Waals surface area contributed by atoms with Crippen molar-refractivity contribution in [3.8, 4) is 0 Å². The van der Waals surface area contributed by atoms with Crippen molar-refractivity contribution < 1.29 is 23.1 Å². The van der Waals surface area contributed by atoms with Crippen molar-refractivity contribution in [2.24, 2.45) is 7.05 Å². The number of benzene rings is 1. The van der Waals surface area contributed by atoms with Crippen molar-refractivity contribution in [1.82, 2.24) is 19.7 Å². The van der Waals surface area contributed by atoms with Crippen LogP contribution in [0.2, 0.25) is 0 Å². The van der Waals surface area contributed by atoms with E-state index < -0.39 is 23.8 Å². The second-order valence-corrected chi connectivity index (χ2v) is 9.22. The van der Waals surface area contributed by atoms with Crippen LogP contribution in [0.25, 0.3) is 0 Å². The maximum Gasteiger partial charge on any atom is 0.416 e. The van der Waals surface area contributed by atoms with Crippen LogP contribution in [-0.2, 0) is 26.2 Å². The summed E-state index contributed by atoms with van der Waals surface area (Å²) in [6.45, 7) is 1.78. The molecule has 0 bridgehead atoms. The number of carbonyl (C=O) groups is 1. The fourth-order valence-corrected chi connectivity index (χ4v) is 4.54.